The molecule has 2 atom stereocenters. The van der Waals surface area contributed by atoms with Gasteiger partial charge in [0.05, 0.1) is 5.69 Å². The van der Waals surface area contributed by atoms with Crippen LogP contribution in [0.25, 0.3) is 0 Å². The minimum Gasteiger partial charge on any atom is -0.284 e. The predicted octanol–water partition coefficient (Wildman–Crippen LogP) is 5.78. The Morgan fingerprint density at radius 1 is 0.769 bits per heavy atom. The number of likely N-dealkylation sites (tertiary alicyclic amines) is 1. The van der Waals surface area contributed by atoms with Crippen LogP contribution in [0.1, 0.15) is 52.9 Å². The van der Waals surface area contributed by atoms with Gasteiger partial charge < -0.3 is 0 Å². The number of aryl methyl sites for hydroxylation is 2. The first-order chi connectivity index (χ1) is 12.7. The smallest absolute Gasteiger partial charge is 0.0544 e. The van der Waals surface area contributed by atoms with Crippen molar-refractivity contribution in [3.05, 3.63) is 101 Å². The van der Waals surface area contributed by atoms with Crippen LogP contribution in [0.4, 0.5) is 0 Å². The monoisotopic (exact) mass is 342 g/mol. The van der Waals surface area contributed by atoms with E-state index < -0.39 is 0 Å². The maximum atomic E-state index is 4.59. The fraction of sp³-hybridized carbons (Fsp3) is 0.292. The second-order valence-corrected chi connectivity index (χ2v) is 7.42. The molecule has 26 heavy (non-hydrogen) atoms. The molecule has 1 saturated heterocycles. The molecule has 3 aromatic rings. The van der Waals surface area contributed by atoms with E-state index in [1.807, 2.05) is 12.3 Å². The van der Waals surface area contributed by atoms with Crippen molar-refractivity contribution in [2.75, 3.05) is 0 Å². The number of nitrogens with zero attached hydrogens (tertiary/aromatic N) is 2. The maximum absolute atomic E-state index is 4.59. The molecule has 2 aromatic carbocycles. The molecule has 0 spiro atoms. The van der Waals surface area contributed by atoms with Crippen molar-refractivity contribution in [3.63, 3.8) is 0 Å². The fourth-order valence-corrected chi connectivity index (χ4v) is 4.06. The van der Waals surface area contributed by atoms with Gasteiger partial charge in [-0.2, -0.15) is 0 Å². The summed E-state index contributed by atoms with van der Waals surface area (Å²) in [5, 5.41) is 0. The highest BCUT2D eigenvalue weighted by Gasteiger charge is 2.35. The van der Waals surface area contributed by atoms with Crippen LogP contribution in [-0.4, -0.2) is 9.88 Å². The zero-order valence-corrected chi connectivity index (χ0v) is 15.6. The molecule has 1 aromatic heterocycles. The van der Waals surface area contributed by atoms with Gasteiger partial charge in [0.1, 0.15) is 0 Å². The Morgan fingerprint density at radius 2 is 1.31 bits per heavy atom. The summed E-state index contributed by atoms with van der Waals surface area (Å²) in [6.07, 6.45) is 4.27. The van der Waals surface area contributed by atoms with E-state index in [0.717, 1.165) is 12.2 Å². The quantitative estimate of drug-likeness (QED) is 0.598. The minimum atomic E-state index is 0.448. The Morgan fingerprint density at radius 3 is 1.77 bits per heavy atom. The highest BCUT2D eigenvalue weighted by molar-refractivity contribution is 5.29. The average molecular weight is 342 g/mol. The SMILES string of the molecule is Cc1ccc([C@H]2CC[C@H](c3ccc(C)cc3)N2Cc2ccccn2)cc1. The summed E-state index contributed by atoms with van der Waals surface area (Å²) in [5.74, 6) is 0. The van der Waals surface area contributed by atoms with Crippen LogP contribution in [-0.2, 0) is 6.54 Å². The second kappa shape index (κ2) is 7.43. The molecule has 0 aliphatic carbocycles. The van der Waals surface area contributed by atoms with E-state index >= 15 is 0 Å². The van der Waals surface area contributed by atoms with Crippen LogP contribution in [0, 0.1) is 13.8 Å². The first-order valence-corrected chi connectivity index (χ1v) is 9.49. The molecule has 2 nitrogen and oxygen atoms in total. The van der Waals surface area contributed by atoms with Crippen molar-refractivity contribution < 1.29 is 0 Å². The highest BCUT2D eigenvalue weighted by atomic mass is 15.2. The molecule has 132 valence electrons. The third-order valence-corrected chi connectivity index (χ3v) is 5.51. The minimum absolute atomic E-state index is 0.448. The Kier molecular flexibility index (Phi) is 4.85. The topological polar surface area (TPSA) is 16.1 Å². The molecule has 2 heterocycles. The van der Waals surface area contributed by atoms with Crippen LogP contribution in [0.2, 0.25) is 0 Å². The zero-order valence-electron chi connectivity index (χ0n) is 15.6. The summed E-state index contributed by atoms with van der Waals surface area (Å²) >= 11 is 0. The molecule has 1 fully saturated rings. The van der Waals surface area contributed by atoms with E-state index in [9.17, 15) is 0 Å². The summed E-state index contributed by atoms with van der Waals surface area (Å²) < 4.78 is 0. The number of benzene rings is 2. The molecule has 1 aliphatic rings. The number of rotatable bonds is 4. The van der Waals surface area contributed by atoms with E-state index in [0.29, 0.717) is 12.1 Å². The first kappa shape index (κ1) is 17.0. The van der Waals surface area contributed by atoms with Gasteiger partial charge in [0.2, 0.25) is 0 Å². The molecule has 0 bridgehead atoms. The van der Waals surface area contributed by atoms with E-state index in [4.69, 9.17) is 0 Å². The molecule has 0 N–H and O–H groups in total. The van der Waals surface area contributed by atoms with E-state index in [1.54, 1.807) is 0 Å². The number of hydrogen-bond donors (Lipinski definition) is 0. The number of pyridine rings is 1. The molecule has 1 aliphatic heterocycles. The molecule has 0 unspecified atom stereocenters. The summed E-state index contributed by atoms with van der Waals surface area (Å²) in [6.45, 7) is 5.19. The lowest BCUT2D eigenvalue weighted by atomic mass is 10.0. The lowest BCUT2D eigenvalue weighted by molar-refractivity contribution is 0.183. The predicted molar refractivity (Wildman–Crippen MR) is 107 cm³/mol. The van der Waals surface area contributed by atoms with Gasteiger partial charge in [0, 0.05) is 24.8 Å². The van der Waals surface area contributed by atoms with Crippen LogP contribution in [0.5, 0.6) is 0 Å². The summed E-state index contributed by atoms with van der Waals surface area (Å²) in [5.41, 5.74) is 6.61. The third-order valence-electron chi connectivity index (χ3n) is 5.51. The van der Waals surface area contributed by atoms with Crippen LogP contribution >= 0.6 is 0 Å². The van der Waals surface area contributed by atoms with E-state index in [-0.39, 0.29) is 0 Å². The Hall–Kier alpha value is -2.45. The van der Waals surface area contributed by atoms with Crippen LogP contribution in [0.3, 0.4) is 0 Å². The summed E-state index contributed by atoms with van der Waals surface area (Å²) in [7, 11) is 0. The van der Waals surface area contributed by atoms with Gasteiger partial charge in [-0.25, -0.2) is 0 Å². The molecule has 4 rings (SSSR count). The Bertz CT molecular complexity index is 784. The van der Waals surface area contributed by atoms with Crippen LogP contribution < -0.4 is 0 Å². The highest BCUT2D eigenvalue weighted by Crippen LogP contribution is 2.44. The molecule has 0 saturated carbocycles. The molecule has 0 amide bonds. The number of aromatic nitrogens is 1. The first-order valence-electron chi connectivity index (χ1n) is 9.49. The van der Waals surface area contributed by atoms with Crippen molar-refractivity contribution in [2.45, 2.75) is 45.3 Å². The fourth-order valence-electron chi connectivity index (χ4n) is 4.06. The molecule has 2 heteroatoms. The summed E-state index contributed by atoms with van der Waals surface area (Å²) in [6, 6.07) is 25.2. The van der Waals surface area contributed by atoms with Gasteiger partial charge in [0.15, 0.2) is 0 Å². The van der Waals surface area contributed by atoms with Gasteiger partial charge in [0.25, 0.3) is 0 Å². The van der Waals surface area contributed by atoms with E-state index in [2.05, 4.69) is 84.4 Å². The normalized spacial score (nSPS) is 20.4. The Balaban J connectivity index is 1.67. The average Bonchev–Trinajstić information content (AvgIpc) is 3.07. The van der Waals surface area contributed by atoms with Crippen molar-refractivity contribution in [1.82, 2.24) is 9.88 Å². The van der Waals surface area contributed by atoms with Crippen molar-refractivity contribution in [2.24, 2.45) is 0 Å². The zero-order chi connectivity index (χ0) is 17.9. The maximum Gasteiger partial charge on any atom is 0.0544 e. The summed E-state index contributed by atoms with van der Waals surface area (Å²) in [4.78, 5) is 7.22. The number of hydrogen-bond acceptors (Lipinski definition) is 2. The van der Waals surface area contributed by atoms with Crippen LogP contribution in [0.15, 0.2) is 72.9 Å². The molecule has 0 radical (unpaired) electrons. The van der Waals surface area contributed by atoms with Gasteiger partial charge in [-0.05, 0) is 49.9 Å². The second-order valence-electron chi connectivity index (χ2n) is 7.42. The van der Waals surface area contributed by atoms with Gasteiger partial charge in [-0.15, -0.1) is 0 Å². The van der Waals surface area contributed by atoms with Crippen molar-refractivity contribution >= 4 is 0 Å². The van der Waals surface area contributed by atoms with Gasteiger partial charge in [-0.3, -0.25) is 9.88 Å². The lowest BCUT2D eigenvalue weighted by Crippen LogP contribution is -2.26. The largest absolute Gasteiger partial charge is 0.284 e. The molecular weight excluding hydrogens is 316 g/mol. The molecular formula is C24H26N2. The van der Waals surface area contributed by atoms with Crippen molar-refractivity contribution in [3.8, 4) is 0 Å². The standard InChI is InChI=1S/C24H26N2/c1-18-6-10-20(11-7-18)23-14-15-24(21-12-8-19(2)9-13-21)26(23)17-22-5-3-4-16-25-22/h3-13,16,23-24H,14-15,17H2,1-2H3/t23-,24-/m1/s1. The van der Waals surface area contributed by atoms with Gasteiger partial charge in [-0.1, -0.05) is 65.7 Å². The van der Waals surface area contributed by atoms with E-state index in [1.165, 1.54) is 35.1 Å². The Labute approximate surface area is 156 Å². The lowest BCUT2D eigenvalue weighted by Gasteiger charge is -2.30. The van der Waals surface area contributed by atoms with Crippen molar-refractivity contribution in [1.29, 1.82) is 0 Å². The third kappa shape index (κ3) is 3.56. The van der Waals surface area contributed by atoms with Gasteiger partial charge >= 0.3 is 0 Å².